The van der Waals surface area contributed by atoms with Crippen LogP contribution in [0.25, 0.3) is 0 Å². The molecule has 0 aromatic heterocycles. The van der Waals surface area contributed by atoms with Gasteiger partial charge >= 0.3 is 0 Å². The number of rotatable bonds is 2. The number of hydrogen-bond acceptors (Lipinski definition) is 1. The minimum atomic E-state index is 0.695. The third-order valence-corrected chi connectivity index (χ3v) is 2.75. The van der Waals surface area contributed by atoms with Crippen LogP contribution in [0.5, 0.6) is 0 Å². The molecule has 0 radical (unpaired) electrons. The first kappa shape index (κ1) is 5.72. The Bertz CT molecular complexity index is 106. The zero-order chi connectivity index (χ0) is 6.43. The van der Waals surface area contributed by atoms with Crippen molar-refractivity contribution >= 4 is 0 Å². The molecule has 0 amide bonds. The van der Waals surface area contributed by atoms with E-state index in [4.69, 9.17) is 0 Å². The third kappa shape index (κ3) is 0.710. The lowest BCUT2D eigenvalue weighted by atomic mass is 9.52. The van der Waals surface area contributed by atoms with Gasteiger partial charge in [0.1, 0.15) is 0 Å². The lowest BCUT2D eigenvalue weighted by molar-refractivity contribution is -0.0452. The van der Waals surface area contributed by atoms with Gasteiger partial charge in [-0.2, -0.15) is 0 Å². The molecule has 0 aromatic rings. The molecule has 0 atom stereocenters. The molecule has 3 aliphatic rings. The number of hydrogen-bond donors (Lipinski definition) is 1. The molecule has 0 aromatic carbocycles. The van der Waals surface area contributed by atoms with Gasteiger partial charge in [0.15, 0.2) is 0 Å². The van der Waals surface area contributed by atoms with E-state index in [1.54, 1.807) is 0 Å². The molecule has 0 spiro atoms. The average molecular weight is 125 g/mol. The molecule has 9 heavy (non-hydrogen) atoms. The highest BCUT2D eigenvalue weighted by atomic mass is 15.0. The Hall–Kier alpha value is -0.0400. The second-order valence-electron chi connectivity index (χ2n) is 3.84. The van der Waals surface area contributed by atoms with Crippen molar-refractivity contribution in [1.82, 2.24) is 5.32 Å². The van der Waals surface area contributed by atoms with Crippen LogP contribution in [-0.4, -0.2) is 12.1 Å². The third-order valence-electron chi connectivity index (χ3n) is 2.75. The van der Waals surface area contributed by atoms with Crippen LogP contribution in [-0.2, 0) is 0 Å². The molecule has 3 saturated carbocycles. The van der Waals surface area contributed by atoms with Gasteiger partial charge in [-0.1, -0.05) is 13.8 Å². The van der Waals surface area contributed by atoms with Crippen molar-refractivity contribution in [3.8, 4) is 0 Å². The van der Waals surface area contributed by atoms with Crippen LogP contribution in [0.4, 0.5) is 0 Å². The molecule has 1 N–H and O–H groups in total. The normalized spacial score (nSPS) is 46.3. The van der Waals surface area contributed by atoms with Crippen molar-refractivity contribution in [1.29, 1.82) is 0 Å². The highest BCUT2D eigenvalue weighted by Gasteiger charge is 2.52. The van der Waals surface area contributed by atoms with E-state index in [-0.39, 0.29) is 0 Å². The minimum absolute atomic E-state index is 0.695. The summed E-state index contributed by atoms with van der Waals surface area (Å²) in [6, 6.07) is 1.62. The lowest BCUT2D eigenvalue weighted by Gasteiger charge is -2.59. The zero-order valence-corrected chi connectivity index (χ0v) is 6.22. The van der Waals surface area contributed by atoms with Gasteiger partial charge in [-0.05, 0) is 24.7 Å². The van der Waals surface area contributed by atoms with Crippen molar-refractivity contribution in [3.63, 3.8) is 0 Å². The predicted molar refractivity (Wildman–Crippen MR) is 38.3 cm³/mol. The summed E-state index contributed by atoms with van der Waals surface area (Å²) in [5.74, 6) is 2.13. The molecule has 52 valence electrons. The van der Waals surface area contributed by atoms with Crippen molar-refractivity contribution in [2.45, 2.75) is 38.8 Å². The molecule has 0 unspecified atom stereocenters. The topological polar surface area (TPSA) is 12.0 Å². The van der Waals surface area contributed by atoms with Crippen LogP contribution in [0.15, 0.2) is 0 Å². The molecule has 3 fully saturated rings. The molecule has 1 heteroatoms. The van der Waals surface area contributed by atoms with Crippen LogP contribution in [0, 0.1) is 11.8 Å². The Kier molecular flexibility index (Phi) is 1.10. The van der Waals surface area contributed by atoms with E-state index in [1.807, 2.05) is 0 Å². The van der Waals surface area contributed by atoms with Gasteiger partial charge in [-0.3, -0.25) is 0 Å². The Morgan fingerprint density at radius 2 is 1.78 bits per heavy atom. The zero-order valence-electron chi connectivity index (χ0n) is 6.22. The largest absolute Gasteiger partial charge is 0.311 e. The van der Waals surface area contributed by atoms with Gasteiger partial charge in [0, 0.05) is 12.1 Å². The molecule has 3 rings (SSSR count). The van der Waals surface area contributed by atoms with Gasteiger partial charge in [0.05, 0.1) is 0 Å². The fourth-order valence-corrected chi connectivity index (χ4v) is 1.95. The van der Waals surface area contributed by atoms with E-state index >= 15 is 0 Å². The summed E-state index contributed by atoms with van der Waals surface area (Å²) >= 11 is 0. The smallest absolute Gasteiger partial charge is 0.0126 e. The van der Waals surface area contributed by atoms with Crippen LogP contribution < -0.4 is 5.32 Å². The first-order valence-electron chi connectivity index (χ1n) is 4.03. The fourth-order valence-electron chi connectivity index (χ4n) is 1.95. The summed E-state index contributed by atoms with van der Waals surface area (Å²) in [6.45, 7) is 4.47. The van der Waals surface area contributed by atoms with E-state index in [9.17, 15) is 0 Å². The highest BCUT2D eigenvalue weighted by Crippen LogP contribution is 2.53. The standard InChI is InChI=1S/C8H15N/c1-5(2)9-8-6-3-7(8)4-6/h5-9H,3-4H2,1-2H3. The summed E-state index contributed by atoms with van der Waals surface area (Å²) in [5.41, 5.74) is 0. The molecule has 0 saturated heterocycles. The van der Waals surface area contributed by atoms with E-state index in [0.29, 0.717) is 6.04 Å². The Labute approximate surface area is 56.8 Å². The fraction of sp³-hybridized carbons (Fsp3) is 1.00. The maximum Gasteiger partial charge on any atom is 0.0126 e. The van der Waals surface area contributed by atoms with Crippen LogP contribution in [0.3, 0.4) is 0 Å². The second-order valence-corrected chi connectivity index (χ2v) is 3.84. The van der Waals surface area contributed by atoms with Crippen molar-refractivity contribution in [2.24, 2.45) is 11.8 Å². The molecule has 0 heterocycles. The second kappa shape index (κ2) is 1.72. The average Bonchev–Trinajstić information content (AvgIpc) is 1.54. The highest BCUT2D eigenvalue weighted by molar-refractivity contribution is 5.06. The van der Waals surface area contributed by atoms with E-state index in [2.05, 4.69) is 19.2 Å². The Morgan fingerprint density at radius 3 is 1.89 bits per heavy atom. The first-order valence-corrected chi connectivity index (χ1v) is 4.03. The Morgan fingerprint density at radius 1 is 1.22 bits per heavy atom. The van der Waals surface area contributed by atoms with Crippen molar-refractivity contribution < 1.29 is 0 Å². The van der Waals surface area contributed by atoms with Crippen molar-refractivity contribution in [3.05, 3.63) is 0 Å². The van der Waals surface area contributed by atoms with Gasteiger partial charge in [0.2, 0.25) is 0 Å². The van der Waals surface area contributed by atoms with E-state index in [1.165, 1.54) is 12.8 Å². The van der Waals surface area contributed by atoms with Crippen LogP contribution in [0.1, 0.15) is 26.7 Å². The molecule has 1 nitrogen and oxygen atoms in total. The van der Waals surface area contributed by atoms with E-state index < -0.39 is 0 Å². The van der Waals surface area contributed by atoms with E-state index in [0.717, 1.165) is 17.9 Å². The summed E-state index contributed by atoms with van der Waals surface area (Å²) < 4.78 is 0. The maximum absolute atomic E-state index is 3.58. The Balaban J connectivity index is 1.77. The maximum atomic E-state index is 3.58. The summed E-state index contributed by atoms with van der Waals surface area (Å²) in [5, 5.41) is 3.58. The lowest BCUT2D eigenvalue weighted by Crippen LogP contribution is -2.63. The SMILES string of the molecule is CC(C)NC1C2CC1C2. The van der Waals surface area contributed by atoms with Gasteiger partial charge < -0.3 is 5.32 Å². The van der Waals surface area contributed by atoms with Crippen molar-refractivity contribution in [2.75, 3.05) is 0 Å². The van der Waals surface area contributed by atoms with Gasteiger partial charge in [-0.15, -0.1) is 0 Å². The van der Waals surface area contributed by atoms with Crippen LogP contribution in [0.2, 0.25) is 0 Å². The van der Waals surface area contributed by atoms with Crippen LogP contribution >= 0.6 is 0 Å². The number of nitrogens with one attached hydrogen (secondary N) is 1. The predicted octanol–water partition coefficient (Wildman–Crippen LogP) is 1.39. The molecule has 3 aliphatic carbocycles. The van der Waals surface area contributed by atoms with Gasteiger partial charge in [0.25, 0.3) is 0 Å². The monoisotopic (exact) mass is 125 g/mol. The summed E-state index contributed by atoms with van der Waals surface area (Å²) in [6.07, 6.45) is 3.04. The minimum Gasteiger partial charge on any atom is -0.311 e. The molecular formula is C8H15N. The molecular weight excluding hydrogens is 110 g/mol. The summed E-state index contributed by atoms with van der Waals surface area (Å²) in [7, 11) is 0. The molecule has 2 bridgehead atoms. The quantitative estimate of drug-likeness (QED) is 0.588. The summed E-state index contributed by atoms with van der Waals surface area (Å²) in [4.78, 5) is 0. The molecule has 0 aliphatic heterocycles. The van der Waals surface area contributed by atoms with Gasteiger partial charge in [-0.25, -0.2) is 0 Å². The first-order chi connectivity index (χ1) is 4.27.